The summed E-state index contributed by atoms with van der Waals surface area (Å²) in [7, 11) is 0. The van der Waals surface area contributed by atoms with Crippen molar-refractivity contribution in [2.45, 2.75) is 0 Å². The second-order valence-electron chi connectivity index (χ2n) is 3.73. The fourth-order valence-corrected chi connectivity index (χ4v) is 2.20. The normalized spacial score (nSPS) is 10.9. The van der Waals surface area contributed by atoms with Gasteiger partial charge in [0.25, 0.3) is 0 Å². The highest BCUT2D eigenvalue weighted by Gasteiger charge is 2.07. The van der Waals surface area contributed by atoms with E-state index in [2.05, 4.69) is 25.9 Å². The molecular weight excluding hydrogens is 283 g/mol. The number of nitrogens with zero attached hydrogens (tertiary/aromatic N) is 1. The van der Waals surface area contributed by atoms with Crippen LogP contribution in [0, 0.1) is 5.82 Å². The van der Waals surface area contributed by atoms with Crippen LogP contribution in [0.5, 0.6) is 0 Å². The summed E-state index contributed by atoms with van der Waals surface area (Å²) in [6.45, 7) is 0. The quantitative estimate of drug-likeness (QED) is 0.717. The molecule has 4 heteroatoms. The highest BCUT2D eigenvalue weighted by molar-refractivity contribution is 9.10. The van der Waals surface area contributed by atoms with Gasteiger partial charge >= 0.3 is 0 Å². The number of hydrogen-bond acceptors (Lipinski definition) is 1. The number of aromatic amines is 1. The molecule has 3 rings (SSSR count). The Balaban J connectivity index is 2.18. The van der Waals surface area contributed by atoms with Crippen molar-refractivity contribution in [2.75, 3.05) is 0 Å². The number of aromatic nitrogens is 2. The number of nitrogens with one attached hydrogen (secondary N) is 1. The molecule has 1 aromatic heterocycles. The molecule has 0 spiro atoms. The lowest BCUT2D eigenvalue weighted by Gasteiger charge is -1.94. The van der Waals surface area contributed by atoms with Crippen LogP contribution in [0.25, 0.3) is 22.4 Å². The second-order valence-corrected chi connectivity index (χ2v) is 4.58. The molecular formula is C13H8BrFN2. The first-order valence-corrected chi connectivity index (χ1v) is 5.93. The molecule has 2 nitrogen and oxygen atoms in total. The lowest BCUT2D eigenvalue weighted by Crippen LogP contribution is -1.80. The average molecular weight is 291 g/mol. The van der Waals surface area contributed by atoms with Crippen LogP contribution in [0.3, 0.4) is 0 Å². The molecule has 84 valence electrons. The van der Waals surface area contributed by atoms with E-state index >= 15 is 0 Å². The van der Waals surface area contributed by atoms with Crippen LogP contribution in [0.4, 0.5) is 4.39 Å². The van der Waals surface area contributed by atoms with Crippen LogP contribution < -0.4 is 0 Å². The van der Waals surface area contributed by atoms with Crippen LogP contribution in [0.1, 0.15) is 0 Å². The van der Waals surface area contributed by atoms with E-state index in [-0.39, 0.29) is 5.82 Å². The van der Waals surface area contributed by atoms with Crippen molar-refractivity contribution in [1.29, 1.82) is 0 Å². The largest absolute Gasteiger partial charge is 0.338 e. The summed E-state index contributed by atoms with van der Waals surface area (Å²) >= 11 is 3.45. The summed E-state index contributed by atoms with van der Waals surface area (Å²) in [5.41, 5.74) is 2.71. The van der Waals surface area contributed by atoms with Crippen LogP contribution in [0.15, 0.2) is 46.9 Å². The SMILES string of the molecule is Fc1ccc(-c2nc3c(Br)cccc3[nH]2)cc1. The van der Waals surface area contributed by atoms with E-state index in [1.165, 1.54) is 12.1 Å². The summed E-state index contributed by atoms with van der Waals surface area (Å²) in [5, 5.41) is 0. The van der Waals surface area contributed by atoms with Crippen LogP contribution >= 0.6 is 15.9 Å². The molecule has 0 saturated heterocycles. The number of fused-ring (bicyclic) bond motifs is 1. The van der Waals surface area contributed by atoms with E-state index < -0.39 is 0 Å². The molecule has 0 fully saturated rings. The van der Waals surface area contributed by atoms with Gasteiger partial charge in [-0.2, -0.15) is 0 Å². The third-order valence-corrected chi connectivity index (χ3v) is 3.22. The van der Waals surface area contributed by atoms with Gasteiger partial charge in [-0.05, 0) is 52.3 Å². The zero-order chi connectivity index (χ0) is 11.8. The smallest absolute Gasteiger partial charge is 0.138 e. The summed E-state index contributed by atoms with van der Waals surface area (Å²) in [5.74, 6) is 0.498. The summed E-state index contributed by atoms with van der Waals surface area (Å²) in [6, 6.07) is 12.1. The molecule has 0 amide bonds. The molecule has 0 bridgehead atoms. The third-order valence-electron chi connectivity index (χ3n) is 2.58. The van der Waals surface area contributed by atoms with E-state index in [1.807, 2.05) is 18.2 Å². The van der Waals surface area contributed by atoms with Gasteiger partial charge in [0, 0.05) is 10.0 Å². The zero-order valence-corrected chi connectivity index (χ0v) is 10.3. The van der Waals surface area contributed by atoms with Crippen LogP contribution in [-0.2, 0) is 0 Å². The van der Waals surface area contributed by atoms with Crippen molar-refractivity contribution in [1.82, 2.24) is 9.97 Å². The lowest BCUT2D eigenvalue weighted by molar-refractivity contribution is 0.628. The van der Waals surface area contributed by atoms with Crippen LogP contribution in [-0.4, -0.2) is 9.97 Å². The molecule has 1 heterocycles. The molecule has 0 unspecified atom stereocenters. The minimum atomic E-state index is -0.244. The predicted octanol–water partition coefficient (Wildman–Crippen LogP) is 4.13. The second kappa shape index (κ2) is 3.96. The fraction of sp³-hybridized carbons (Fsp3) is 0. The Morgan fingerprint density at radius 1 is 1.06 bits per heavy atom. The van der Waals surface area contributed by atoms with E-state index in [9.17, 15) is 4.39 Å². The third kappa shape index (κ3) is 1.85. The summed E-state index contributed by atoms with van der Waals surface area (Å²) in [4.78, 5) is 7.70. The van der Waals surface area contributed by atoms with E-state index in [0.29, 0.717) is 0 Å². The molecule has 0 aliphatic heterocycles. The zero-order valence-electron chi connectivity index (χ0n) is 8.74. The Hall–Kier alpha value is -1.68. The van der Waals surface area contributed by atoms with Crippen molar-refractivity contribution in [2.24, 2.45) is 0 Å². The number of hydrogen-bond donors (Lipinski definition) is 1. The Bertz CT molecular complexity index is 673. The number of para-hydroxylation sites is 1. The van der Waals surface area contributed by atoms with Gasteiger partial charge in [0.05, 0.1) is 5.52 Å². The van der Waals surface area contributed by atoms with Crippen molar-refractivity contribution in [3.8, 4) is 11.4 Å². The molecule has 0 atom stereocenters. The van der Waals surface area contributed by atoms with Gasteiger partial charge in [-0.25, -0.2) is 9.37 Å². The van der Waals surface area contributed by atoms with Gasteiger partial charge in [-0.15, -0.1) is 0 Å². The summed E-state index contributed by atoms with van der Waals surface area (Å²) < 4.78 is 13.8. The van der Waals surface area contributed by atoms with Crippen molar-refractivity contribution in [3.63, 3.8) is 0 Å². The first kappa shape index (κ1) is 10.5. The summed E-state index contributed by atoms with van der Waals surface area (Å²) in [6.07, 6.45) is 0. The van der Waals surface area contributed by atoms with Gasteiger partial charge in [0.1, 0.15) is 17.2 Å². The van der Waals surface area contributed by atoms with Crippen molar-refractivity contribution < 1.29 is 4.39 Å². The van der Waals surface area contributed by atoms with Gasteiger partial charge in [0.15, 0.2) is 0 Å². The maximum Gasteiger partial charge on any atom is 0.138 e. The molecule has 0 aliphatic carbocycles. The van der Waals surface area contributed by atoms with Gasteiger partial charge in [0.2, 0.25) is 0 Å². The molecule has 0 saturated carbocycles. The predicted molar refractivity (Wildman–Crippen MR) is 69.2 cm³/mol. The topological polar surface area (TPSA) is 28.7 Å². The lowest BCUT2D eigenvalue weighted by atomic mass is 10.2. The standard InChI is InChI=1S/C13H8BrFN2/c14-10-2-1-3-11-12(10)17-13(16-11)8-4-6-9(15)7-5-8/h1-7H,(H,16,17). The molecule has 0 radical (unpaired) electrons. The first-order chi connectivity index (χ1) is 8.24. The van der Waals surface area contributed by atoms with E-state index in [1.54, 1.807) is 12.1 Å². The minimum absolute atomic E-state index is 0.244. The highest BCUT2D eigenvalue weighted by Crippen LogP contribution is 2.25. The average Bonchev–Trinajstić information content (AvgIpc) is 2.75. The highest BCUT2D eigenvalue weighted by atomic mass is 79.9. The number of H-pyrrole nitrogens is 1. The van der Waals surface area contributed by atoms with Crippen molar-refractivity contribution >= 4 is 27.0 Å². The number of benzene rings is 2. The Morgan fingerprint density at radius 3 is 2.53 bits per heavy atom. The van der Waals surface area contributed by atoms with Crippen molar-refractivity contribution in [3.05, 3.63) is 52.8 Å². The molecule has 2 aromatic carbocycles. The Morgan fingerprint density at radius 2 is 1.82 bits per heavy atom. The van der Waals surface area contributed by atoms with Gasteiger partial charge < -0.3 is 4.98 Å². The fourth-order valence-electron chi connectivity index (χ4n) is 1.74. The maximum absolute atomic E-state index is 12.8. The maximum atomic E-state index is 12.8. The van der Waals surface area contributed by atoms with Gasteiger partial charge in [-0.1, -0.05) is 6.07 Å². The van der Waals surface area contributed by atoms with E-state index in [0.717, 1.165) is 26.9 Å². The van der Waals surface area contributed by atoms with Gasteiger partial charge in [-0.3, -0.25) is 0 Å². The molecule has 17 heavy (non-hydrogen) atoms. The Kier molecular flexibility index (Phi) is 2.44. The number of rotatable bonds is 1. The van der Waals surface area contributed by atoms with E-state index in [4.69, 9.17) is 0 Å². The minimum Gasteiger partial charge on any atom is -0.338 e. The monoisotopic (exact) mass is 290 g/mol. The molecule has 0 aliphatic rings. The Labute approximate surface area is 106 Å². The molecule has 3 aromatic rings. The van der Waals surface area contributed by atoms with Crippen LogP contribution in [0.2, 0.25) is 0 Å². The molecule has 1 N–H and O–H groups in total. The number of halogens is 2. The number of imidazole rings is 1. The first-order valence-electron chi connectivity index (χ1n) is 5.14.